The maximum Gasteiger partial charge on any atom is 0.123 e. The van der Waals surface area contributed by atoms with Crippen molar-refractivity contribution in [1.82, 2.24) is 14.9 Å². The van der Waals surface area contributed by atoms with Gasteiger partial charge in [0.2, 0.25) is 0 Å². The van der Waals surface area contributed by atoms with Gasteiger partial charge in [0.1, 0.15) is 5.82 Å². The summed E-state index contributed by atoms with van der Waals surface area (Å²) in [4.78, 5) is 4.63. The van der Waals surface area contributed by atoms with Crippen molar-refractivity contribution in [2.75, 3.05) is 0 Å². The molecule has 0 bridgehead atoms. The van der Waals surface area contributed by atoms with Gasteiger partial charge in [0.25, 0.3) is 0 Å². The van der Waals surface area contributed by atoms with E-state index >= 15 is 0 Å². The Morgan fingerprint density at radius 1 is 1.22 bits per heavy atom. The maximum absolute atomic E-state index is 13.7. The Hall–Kier alpha value is -2.50. The Morgan fingerprint density at radius 3 is 2.85 bits per heavy atom. The molecule has 4 rings (SSSR count). The number of hydrogen-bond donors (Lipinski definition) is 1. The first-order valence-electron chi connectivity index (χ1n) is 9.00. The van der Waals surface area contributed by atoms with Gasteiger partial charge < -0.3 is 9.88 Å². The number of nitrogens with one attached hydrogen (secondary N) is 1. The highest BCUT2D eigenvalue weighted by Crippen LogP contribution is 2.24. The molecule has 1 atom stereocenters. The molecule has 0 aliphatic rings. The Labute approximate surface area is 162 Å². The first kappa shape index (κ1) is 17.9. The zero-order valence-electron chi connectivity index (χ0n) is 15.4. The van der Waals surface area contributed by atoms with Crippen molar-refractivity contribution in [1.29, 1.82) is 0 Å². The molecule has 0 fully saturated rings. The highest BCUT2D eigenvalue weighted by molar-refractivity contribution is 7.07. The standard InChI is InChI=1S/C22H22FN3S/c1-15-3-5-20(24-11-15)21(9-16-7-8-27-14-16)25-12-17-13-26(2)22-6-4-18(23)10-19(17)22/h3-8,10-11,13-14,21,25H,9,12H2,1-2H3/t21-/m1/s1. The second kappa shape index (κ2) is 7.62. The van der Waals surface area contributed by atoms with Gasteiger partial charge in [-0.3, -0.25) is 4.98 Å². The quantitative estimate of drug-likeness (QED) is 0.502. The molecule has 3 nitrogen and oxygen atoms in total. The second-order valence-corrected chi connectivity index (χ2v) is 7.74. The van der Waals surface area contributed by atoms with Crippen molar-refractivity contribution in [3.05, 3.63) is 87.8 Å². The Morgan fingerprint density at radius 2 is 2.11 bits per heavy atom. The zero-order valence-corrected chi connectivity index (χ0v) is 16.3. The molecule has 0 aliphatic heterocycles. The smallest absolute Gasteiger partial charge is 0.123 e. The van der Waals surface area contributed by atoms with Crippen LogP contribution in [0.5, 0.6) is 0 Å². The van der Waals surface area contributed by atoms with Gasteiger partial charge in [-0.15, -0.1) is 0 Å². The molecular formula is C22H22FN3S. The number of rotatable bonds is 6. The van der Waals surface area contributed by atoms with E-state index in [1.54, 1.807) is 17.4 Å². The number of benzene rings is 1. The number of aryl methyl sites for hydroxylation is 2. The van der Waals surface area contributed by atoms with Crippen LogP contribution in [0.25, 0.3) is 10.9 Å². The van der Waals surface area contributed by atoms with Crippen molar-refractivity contribution >= 4 is 22.2 Å². The van der Waals surface area contributed by atoms with Crippen molar-refractivity contribution in [3.8, 4) is 0 Å². The number of nitrogens with zero attached hydrogens (tertiary/aromatic N) is 2. The normalized spacial score (nSPS) is 12.6. The predicted molar refractivity (Wildman–Crippen MR) is 109 cm³/mol. The summed E-state index contributed by atoms with van der Waals surface area (Å²) in [6, 6.07) is 11.4. The van der Waals surface area contributed by atoms with Crippen molar-refractivity contribution < 1.29 is 4.39 Å². The van der Waals surface area contributed by atoms with Crippen LogP contribution in [-0.2, 0) is 20.0 Å². The lowest BCUT2D eigenvalue weighted by molar-refractivity contribution is 0.519. The van der Waals surface area contributed by atoms with Crippen molar-refractivity contribution in [2.45, 2.75) is 25.9 Å². The molecule has 0 radical (unpaired) electrons. The number of hydrogen-bond acceptors (Lipinski definition) is 3. The van der Waals surface area contributed by atoms with E-state index in [0.717, 1.165) is 34.1 Å². The molecule has 3 aromatic heterocycles. The fourth-order valence-corrected chi connectivity index (χ4v) is 4.11. The van der Waals surface area contributed by atoms with E-state index in [9.17, 15) is 4.39 Å². The predicted octanol–water partition coefficient (Wildman–Crippen LogP) is 5.16. The SMILES string of the molecule is Cc1ccc([C@@H](Cc2ccsc2)NCc2cn(C)c3ccc(F)cc23)nc1. The van der Waals surface area contributed by atoms with Crippen molar-refractivity contribution in [3.63, 3.8) is 0 Å². The number of pyridine rings is 1. The number of thiophene rings is 1. The lowest BCUT2D eigenvalue weighted by Crippen LogP contribution is -2.23. The summed E-state index contributed by atoms with van der Waals surface area (Å²) in [6.07, 6.45) is 4.85. The van der Waals surface area contributed by atoms with Crippen LogP contribution >= 0.6 is 11.3 Å². The fraction of sp³-hybridized carbons (Fsp3) is 0.227. The van der Waals surface area contributed by atoms with Crippen LogP contribution in [0.3, 0.4) is 0 Å². The molecule has 0 amide bonds. The first-order valence-corrected chi connectivity index (χ1v) is 9.95. The highest BCUT2D eigenvalue weighted by atomic mass is 32.1. The van der Waals surface area contributed by atoms with Crippen LogP contribution in [-0.4, -0.2) is 9.55 Å². The monoisotopic (exact) mass is 379 g/mol. The molecule has 0 aliphatic carbocycles. The molecule has 27 heavy (non-hydrogen) atoms. The average molecular weight is 380 g/mol. The average Bonchev–Trinajstić information content (AvgIpc) is 3.27. The minimum Gasteiger partial charge on any atom is -0.350 e. The summed E-state index contributed by atoms with van der Waals surface area (Å²) >= 11 is 1.71. The van der Waals surface area contributed by atoms with Crippen LogP contribution in [0.1, 0.15) is 28.4 Å². The van der Waals surface area contributed by atoms with E-state index < -0.39 is 0 Å². The molecule has 3 heterocycles. The summed E-state index contributed by atoms with van der Waals surface area (Å²) in [6.45, 7) is 2.70. The Bertz CT molecular complexity index is 1040. The van der Waals surface area contributed by atoms with E-state index in [2.05, 4.69) is 45.5 Å². The molecule has 0 spiro atoms. The third-order valence-corrected chi connectivity index (χ3v) is 5.62. The summed E-state index contributed by atoms with van der Waals surface area (Å²) in [7, 11) is 1.99. The molecule has 138 valence electrons. The highest BCUT2D eigenvalue weighted by Gasteiger charge is 2.15. The number of aromatic nitrogens is 2. The molecular weight excluding hydrogens is 357 g/mol. The molecule has 0 unspecified atom stereocenters. The Kier molecular flexibility index (Phi) is 5.05. The molecule has 0 saturated heterocycles. The van der Waals surface area contributed by atoms with Gasteiger partial charge >= 0.3 is 0 Å². The van der Waals surface area contributed by atoms with Gasteiger partial charge in [0, 0.05) is 36.9 Å². The van der Waals surface area contributed by atoms with Crippen molar-refractivity contribution in [2.24, 2.45) is 7.05 Å². The number of fused-ring (bicyclic) bond motifs is 1. The van der Waals surface area contributed by atoms with E-state index in [1.165, 1.54) is 11.6 Å². The summed E-state index contributed by atoms with van der Waals surface area (Å²) in [5.41, 5.74) is 5.60. The molecule has 1 aromatic carbocycles. The lowest BCUT2D eigenvalue weighted by Gasteiger charge is -2.18. The second-order valence-electron chi connectivity index (χ2n) is 6.96. The fourth-order valence-electron chi connectivity index (χ4n) is 3.43. The third-order valence-electron chi connectivity index (χ3n) is 4.88. The topological polar surface area (TPSA) is 29.9 Å². The van der Waals surface area contributed by atoms with Crippen LogP contribution in [0.15, 0.2) is 59.6 Å². The number of halogens is 1. The van der Waals surface area contributed by atoms with Gasteiger partial charge in [-0.25, -0.2) is 4.39 Å². The lowest BCUT2D eigenvalue weighted by atomic mass is 10.0. The summed E-state index contributed by atoms with van der Waals surface area (Å²) < 4.78 is 15.8. The minimum atomic E-state index is -0.204. The van der Waals surface area contributed by atoms with Crippen LogP contribution in [0.4, 0.5) is 4.39 Å². The van der Waals surface area contributed by atoms with E-state index in [1.807, 2.05) is 30.8 Å². The maximum atomic E-state index is 13.7. The molecule has 1 N–H and O–H groups in total. The van der Waals surface area contributed by atoms with E-state index in [0.29, 0.717) is 6.54 Å². The van der Waals surface area contributed by atoms with Crippen LogP contribution in [0.2, 0.25) is 0 Å². The van der Waals surface area contributed by atoms with Gasteiger partial charge in [-0.1, -0.05) is 6.07 Å². The first-order chi connectivity index (χ1) is 13.1. The third kappa shape index (κ3) is 3.94. The zero-order chi connectivity index (χ0) is 18.8. The van der Waals surface area contributed by atoms with Crippen LogP contribution < -0.4 is 5.32 Å². The molecule has 4 aromatic rings. The Balaban J connectivity index is 1.60. The van der Waals surface area contributed by atoms with Gasteiger partial charge in [0.15, 0.2) is 0 Å². The summed E-state index contributed by atoms with van der Waals surface area (Å²) in [5.74, 6) is -0.204. The van der Waals surface area contributed by atoms with Gasteiger partial charge in [0.05, 0.1) is 11.7 Å². The molecule has 0 saturated carbocycles. The van der Waals surface area contributed by atoms with E-state index in [4.69, 9.17) is 0 Å². The van der Waals surface area contributed by atoms with Crippen LogP contribution in [0, 0.1) is 12.7 Å². The van der Waals surface area contributed by atoms with E-state index in [-0.39, 0.29) is 11.9 Å². The molecule has 5 heteroatoms. The summed E-state index contributed by atoms with van der Waals surface area (Å²) in [5, 5.41) is 8.87. The van der Waals surface area contributed by atoms with Gasteiger partial charge in [-0.05, 0) is 71.1 Å². The van der Waals surface area contributed by atoms with Gasteiger partial charge in [-0.2, -0.15) is 11.3 Å². The minimum absolute atomic E-state index is 0.101. The largest absolute Gasteiger partial charge is 0.350 e.